The highest BCUT2D eigenvalue weighted by Gasteiger charge is 2.21. The molecule has 0 saturated heterocycles. The van der Waals surface area contributed by atoms with Crippen molar-refractivity contribution >= 4 is 17.5 Å². The zero-order valence-corrected chi connectivity index (χ0v) is 15.3. The Kier molecular flexibility index (Phi) is 4.97. The maximum absolute atomic E-state index is 12.4. The van der Waals surface area contributed by atoms with Crippen LogP contribution in [0.25, 0.3) is 5.95 Å². The number of nitrogens with zero attached hydrogens (tertiary/aromatic N) is 5. The Hall–Kier alpha value is -3.22. The molecule has 0 spiro atoms. The smallest absolute Gasteiger partial charge is 0.343 e. The maximum atomic E-state index is 12.4. The van der Waals surface area contributed by atoms with E-state index in [0.29, 0.717) is 17.3 Å². The molecule has 0 radical (unpaired) electrons. The quantitative estimate of drug-likeness (QED) is 0.657. The van der Waals surface area contributed by atoms with Gasteiger partial charge in [-0.15, -0.1) is 0 Å². The molecule has 1 aromatic carbocycles. The van der Waals surface area contributed by atoms with Gasteiger partial charge in [0.05, 0.1) is 12.3 Å². The van der Waals surface area contributed by atoms with E-state index in [1.54, 1.807) is 11.6 Å². The van der Waals surface area contributed by atoms with Crippen LogP contribution in [0.3, 0.4) is 0 Å². The van der Waals surface area contributed by atoms with Crippen LogP contribution in [0, 0.1) is 13.8 Å². The summed E-state index contributed by atoms with van der Waals surface area (Å²) in [6.45, 7) is 5.90. The number of anilines is 2. The summed E-state index contributed by atoms with van der Waals surface area (Å²) in [4.78, 5) is 23.1. The molecule has 7 heteroatoms. The van der Waals surface area contributed by atoms with Crippen molar-refractivity contribution in [1.82, 2.24) is 19.7 Å². The summed E-state index contributed by atoms with van der Waals surface area (Å²) in [5.74, 6) is 0.416. The van der Waals surface area contributed by atoms with Gasteiger partial charge >= 0.3 is 5.97 Å². The molecule has 134 valence electrons. The lowest BCUT2D eigenvalue weighted by Gasteiger charge is -2.21. The van der Waals surface area contributed by atoms with E-state index in [2.05, 4.69) is 15.1 Å². The summed E-state index contributed by atoms with van der Waals surface area (Å²) in [6, 6.07) is 11.6. The Balaban J connectivity index is 2.12. The average Bonchev–Trinajstić information content (AvgIpc) is 2.99. The van der Waals surface area contributed by atoms with E-state index in [-0.39, 0.29) is 6.61 Å². The van der Waals surface area contributed by atoms with Crippen LogP contribution in [0.15, 0.2) is 42.6 Å². The molecule has 0 unspecified atom stereocenters. The molecule has 0 saturated carbocycles. The highest BCUT2D eigenvalue weighted by Crippen LogP contribution is 2.26. The highest BCUT2D eigenvalue weighted by molar-refractivity contribution is 5.95. The van der Waals surface area contributed by atoms with Crippen molar-refractivity contribution in [2.75, 3.05) is 18.6 Å². The first-order valence-corrected chi connectivity index (χ1v) is 8.38. The Morgan fingerprint density at radius 2 is 1.96 bits per heavy atom. The zero-order chi connectivity index (χ0) is 18.7. The minimum Gasteiger partial charge on any atom is -0.462 e. The van der Waals surface area contributed by atoms with Gasteiger partial charge in [-0.05, 0) is 39.0 Å². The van der Waals surface area contributed by atoms with Crippen LogP contribution < -0.4 is 4.90 Å². The predicted molar refractivity (Wildman–Crippen MR) is 99.1 cm³/mol. The summed E-state index contributed by atoms with van der Waals surface area (Å²) in [5.41, 5.74) is 3.00. The van der Waals surface area contributed by atoms with Gasteiger partial charge in [0.2, 0.25) is 0 Å². The average molecular weight is 351 g/mol. The van der Waals surface area contributed by atoms with Crippen molar-refractivity contribution in [2.45, 2.75) is 20.8 Å². The molecule has 7 nitrogen and oxygen atoms in total. The third-order valence-electron chi connectivity index (χ3n) is 3.91. The number of aryl methyl sites for hydroxylation is 2. The maximum Gasteiger partial charge on any atom is 0.343 e. The van der Waals surface area contributed by atoms with Gasteiger partial charge in [-0.3, -0.25) is 0 Å². The lowest BCUT2D eigenvalue weighted by atomic mass is 10.2. The molecule has 0 N–H and O–H groups in total. The van der Waals surface area contributed by atoms with Crippen molar-refractivity contribution in [3.63, 3.8) is 0 Å². The van der Waals surface area contributed by atoms with Crippen molar-refractivity contribution in [2.24, 2.45) is 0 Å². The number of hydrogen-bond donors (Lipinski definition) is 0. The normalized spacial score (nSPS) is 10.6. The summed E-state index contributed by atoms with van der Waals surface area (Å²) in [7, 11) is 1.85. The van der Waals surface area contributed by atoms with E-state index in [4.69, 9.17) is 4.74 Å². The number of aromatic nitrogens is 4. The largest absolute Gasteiger partial charge is 0.462 e. The van der Waals surface area contributed by atoms with Crippen LogP contribution in [0.2, 0.25) is 0 Å². The zero-order valence-electron chi connectivity index (χ0n) is 15.3. The summed E-state index contributed by atoms with van der Waals surface area (Å²) < 4.78 is 6.82. The molecule has 2 heterocycles. The Bertz CT molecular complexity index is 921. The molecule has 3 aromatic rings. The molecule has 2 aromatic heterocycles. The third-order valence-corrected chi connectivity index (χ3v) is 3.91. The van der Waals surface area contributed by atoms with Crippen LogP contribution in [0.5, 0.6) is 0 Å². The fraction of sp³-hybridized carbons (Fsp3) is 0.263. The molecule has 3 rings (SSSR count). The second-order valence-corrected chi connectivity index (χ2v) is 5.86. The summed E-state index contributed by atoms with van der Waals surface area (Å²) in [6.07, 6.45) is 1.49. The SMILES string of the molecule is CCOC(=O)c1cnc(-n2nc(C)cc2C)nc1N(C)c1ccccc1. The Morgan fingerprint density at radius 1 is 1.23 bits per heavy atom. The fourth-order valence-corrected chi connectivity index (χ4v) is 2.68. The van der Waals surface area contributed by atoms with Gasteiger partial charge in [0.15, 0.2) is 5.82 Å². The second kappa shape index (κ2) is 7.35. The lowest BCUT2D eigenvalue weighted by Crippen LogP contribution is -2.19. The topological polar surface area (TPSA) is 73.1 Å². The van der Waals surface area contributed by atoms with Crippen molar-refractivity contribution < 1.29 is 9.53 Å². The minimum atomic E-state index is -0.454. The van der Waals surface area contributed by atoms with E-state index in [0.717, 1.165) is 17.1 Å². The molecular weight excluding hydrogens is 330 g/mol. The number of para-hydroxylation sites is 1. The molecule has 0 amide bonds. The van der Waals surface area contributed by atoms with Gasteiger partial charge in [-0.2, -0.15) is 10.1 Å². The number of esters is 1. The minimum absolute atomic E-state index is 0.284. The molecule has 0 fully saturated rings. The van der Waals surface area contributed by atoms with Gasteiger partial charge in [0, 0.05) is 24.6 Å². The number of carbonyl (C=O) groups is 1. The number of ether oxygens (including phenoxy) is 1. The first-order chi connectivity index (χ1) is 12.5. The van der Waals surface area contributed by atoms with Crippen molar-refractivity contribution in [1.29, 1.82) is 0 Å². The fourth-order valence-electron chi connectivity index (χ4n) is 2.68. The van der Waals surface area contributed by atoms with Crippen molar-refractivity contribution in [3.8, 4) is 5.95 Å². The second-order valence-electron chi connectivity index (χ2n) is 5.86. The van der Waals surface area contributed by atoms with Crippen LogP contribution in [-0.4, -0.2) is 39.4 Å². The molecule has 0 atom stereocenters. The van der Waals surface area contributed by atoms with Crippen LogP contribution in [0.1, 0.15) is 28.7 Å². The number of rotatable bonds is 5. The van der Waals surface area contributed by atoms with Gasteiger partial charge in [0.25, 0.3) is 5.95 Å². The van der Waals surface area contributed by atoms with Gasteiger partial charge < -0.3 is 9.64 Å². The van der Waals surface area contributed by atoms with Crippen molar-refractivity contribution in [3.05, 3.63) is 59.5 Å². The van der Waals surface area contributed by atoms with E-state index in [9.17, 15) is 4.79 Å². The van der Waals surface area contributed by atoms with Crippen LogP contribution >= 0.6 is 0 Å². The number of hydrogen-bond acceptors (Lipinski definition) is 6. The predicted octanol–water partition coefficient (Wildman–Crippen LogP) is 3.22. The van der Waals surface area contributed by atoms with Gasteiger partial charge in [-0.1, -0.05) is 18.2 Å². The first-order valence-electron chi connectivity index (χ1n) is 8.38. The molecule has 0 aliphatic heterocycles. The standard InChI is InChI=1S/C19H21N5O2/c1-5-26-18(25)16-12-20-19(24-14(3)11-13(2)22-24)21-17(16)23(4)15-9-7-6-8-10-15/h6-12H,5H2,1-4H3. The van der Waals surface area contributed by atoms with E-state index < -0.39 is 5.97 Å². The van der Waals surface area contributed by atoms with E-state index >= 15 is 0 Å². The first kappa shape index (κ1) is 17.6. The molecular formula is C19H21N5O2. The summed E-state index contributed by atoms with van der Waals surface area (Å²) in [5, 5.41) is 4.42. The number of benzene rings is 1. The lowest BCUT2D eigenvalue weighted by molar-refractivity contribution is 0.0526. The van der Waals surface area contributed by atoms with Crippen LogP contribution in [-0.2, 0) is 4.74 Å². The summed E-state index contributed by atoms with van der Waals surface area (Å²) >= 11 is 0. The molecule has 0 aliphatic rings. The molecule has 26 heavy (non-hydrogen) atoms. The third kappa shape index (κ3) is 3.42. The monoisotopic (exact) mass is 351 g/mol. The Morgan fingerprint density at radius 3 is 2.58 bits per heavy atom. The molecule has 0 aliphatic carbocycles. The van der Waals surface area contributed by atoms with Gasteiger partial charge in [-0.25, -0.2) is 14.5 Å². The van der Waals surface area contributed by atoms with Gasteiger partial charge in [0.1, 0.15) is 5.56 Å². The number of carbonyl (C=O) groups excluding carboxylic acids is 1. The molecule has 0 bridgehead atoms. The Labute approximate surface area is 152 Å². The van der Waals surface area contributed by atoms with Crippen LogP contribution in [0.4, 0.5) is 11.5 Å². The van der Waals surface area contributed by atoms with E-state index in [1.807, 2.05) is 62.2 Å². The van der Waals surface area contributed by atoms with E-state index in [1.165, 1.54) is 6.20 Å². The highest BCUT2D eigenvalue weighted by atomic mass is 16.5.